The van der Waals surface area contributed by atoms with Gasteiger partial charge in [0.25, 0.3) is 11.8 Å². The fraction of sp³-hybridized carbons (Fsp3) is 0.474. The van der Waals surface area contributed by atoms with Gasteiger partial charge < -0.3 is 25.7 Å². The van der Waals surface area contributed by atoms with Crippen molar-refractivity contribution in [2.45, 2.75) is 44.9 Å². The predicted octanol–water partition coefficient (Wildman–Crippen LogP) is 1.15. The highest BCUT2D eigenvalue weighted by molar-refractivity contribution is 5.91. The quantitative estimate of drug-likeness (QED) is 0.584. The minimum absolute atomic E-state index is 0.373. The van der Waals surface area contributed by atoms with Crippen molar-refractivity contribution in [2.75, 3.05) is 18.4 Å². The maximum absolute atomic E-state index is 12.2. The smallest absolute Gasteiger partial charge is 0.254 e. The third-order valence-electron chi connectivity index (χ3n) is 4.42. The van der Waals surface area contributed by atoms with Crippen molar-refractivity contribution < 1.29 is 19.8 Å². The van der Waals surface area contributed by atoms with Crippen LogP contribution in [0.25, 0.3) is 0 Å². The second kappa shape index (κ2) is 9.35. The van der Waals surface area contributed by atoms with Crippen LogP contribution < -0.4 is 10.6 Å². The van der Waals surface area contributed by atoms with E-state index < -0.39 is 24.0 Å². The van der Waals surface area contributed by atoms with Crippen LogP contribution in [0.15, 0.2) is 36.5 Å². The van der Waals surface area contributed by atoms with Crippen molar-refractivity contribution >= 4 is 17.5 Å². The Labute approximate surface area is 153 Å². The van der Waals surface area contributed by atoms with E-state index in [1.165, 1.54) is 4.90 Å². The number of carbonyl (C=O) groups excluding carboxylic acids is 2. The molecule has 0 unspecified atom stereocenters. The first kappa shape index (κ1) is 19.9. The SMILES string of the molecule is C/C=C\Nc1ccc([C@@H](C)NC(=O)[C@H](O)[C@@H](O)C(=O)N2CCCC2)cc1. The minimum atomic E-state index is -1.79. The molecule has 7 heteroatoms. The van der Waals surface area contributed by atoms with Crippen LogP contribution in [-0.2, 0) is 9.59 Å². The van der Waals surface area contributed by atoms with Gasteiger partial charge in [-0.15, -0.1) is 0 Å². The van der Waals surface area contributed by atoms with Crippen molar-refractivity contribution in [3.8, 4) is 0 Å². The molecule has 3 atom stereocenters. The molecule has 2 rings (SSSR count). The molecule has 0 spiro atoms. The number of rotatable bonds is 7. The number of aliphatic hydroxyl groups excluding tert-OH is 2. The summed E-state index contributed by atoms with van der Waals surface area (Å²) in [5.41, 5.74) is 1.76. The fourth-order valence-electron chi connectivity index (χ4n) is 2.83. The largest absolute Gasteiger partial charge is 0.380 e. The highest BCUT2D eigenvalue weighted by Gasteiger charge is 2.34. The van der Waals surface area contributed by atoms with E-state index in [2.05, 4.69) is 10.6 Å². The summed E-state index contributed by atoms with van der Waals surface area (Å²) < 4.78 is 0. The summed E-state index contributed by atoms with van der Waals surface area (Å²) in [5, 5.41) is 25.8. The Balaban J connectivity index is 1.91. The monoisotopic (exact) mass is 361 g/mol. The van der Waals surface area contributed by atoms with Gasteiger partial charge in [0.05, 0.1) is 6.04 Å². The standard InChI is InChI=1S/C19H27N3O4/c1-3-10-20-15-8-6-14(7-9-15)13(2)21-18(25)16(23)17(24)19(26)22-11-4-5-12-22/h3,6-10,13,16-17,20,23-24H,4-5,11-12H2,1-2H3,(H,21,25)/b10-3-/t13-,16-,17-/m1/s1. The van der Waals surface area contributed by atoms with E-state index in [1.54, 1.807) is 6.92 Å². The molecule has 0 bridgehead atoms. The molecule has 1 fully saturated rings. The Bertz CT molecular complexity index is 639. The molecule has 1 aliphatic heterocycles. The molecule has 1 saturated heterocycles. The third-order valence-corrected chi connectivity index (χ3v) is 4.42. The van der Waals surface area contributed by atoms with Crippen molar-refractivity contribution in [2.24, 2.45) is 0 Å². The van der Waals surface area contributed by atoms with Crippen molar-refractivity contribution in [1.29, 1.82) is 0 Å². The molecule has 26 heavy (non-hydrogen) atoms. The lowest BCUT2D eigenvalue weighted by molar-refractivity contribution is -0.152. The van der Waals surface area contributed by atoms with Gasteiger partial charge in [0.2, 0.25) is 0 Å². The molecule has 0 saturated carbocycles. The van der Waals surface area contributed by atoms with Crippen LogP contribution in [0, 0.1) is 0 Å². The average molecular weight is 361 g/mol. The van der Waals surface area contributed by atoms with Gasteiger partial charge in [-0.05, 0) is 50.6 Å². The van der Waals surface area contributed by atoms with Crippen molar-refractivity contribution in [1.82, 2.24) is 10.2 Å². The molecule has 7 nitrogen and oxygen atoms in total. The molecule has 1 aromatic carbocycles. The van der Waals surface area contributed by atoms with Gasteiger partial charge >= 0.3 is 0 Å². The Hall–Kier alpha value is -2.38. The number of nitrogens with one attached hydrogen (secondary N) is 2. The molecule has 4 N–H and O–H groups in total. The van der Waals surface area contributed by atoms with Crippen molar-refractivity contribution in [3.63, 3.8) is 0 Å². The van der Waals surface area contributed by atoms with Crippen LogP contribution in [0.2, 0.25) is 0 Å². The summed E-state index contributed by atoms with van der Waals surface area (Å²) in [6.45, 7) is 4.78. The van der Waals surface area contributed by atoms with E-state index >= 15 is 0 Å². The molecule has 0 radical (unpaired) electrons. The number of nitrogens with zero attached hydrogens (tertiary/aromatic N) is 1. The Kier molecular flexibility index (Phi) is 7.17. The van der Waals surface area contributed by atoms with Gasteiger partial charge in [-0.1, -0.05) is 18.2 Å². The zero-order chi connectivity index (χ0) is 19.1. The molecule has 0 aliphatic carbocycles. The lowest BCUT2D eigenvalue weighted by atomic mass is 10.1. The first-order valence-corrected chi connectivity index (χ1v) is 8.87. The number of amides is 2. The maximum atomic E-state index is 12.2. The number of aliphatic hydroxyl groups is 2. The number of benzene rings is 1. The van der Waals surface area contributed by atoms with E-state index in [0.29, 0.717) is 13.1 Å². The molecular weight excluding hydrogens is 334 g/mol. The van der Waals surface area contributed by atoms with Crippen LogP contribution in [0.3, 0.4) is 0 Å². The minimum Gasteiger partial charge on any atom is -0.380 e. The second-order valence-electron chi connectivity index (χ2n) is 6.42. The van der Waals surface area contributed by atoms with Crippen LogP contribution in [0.4, 0.5) is 5.69 Å². The first-order chi connectivity index (χ1) is 12.4. The lowest BCUT2D eigenvalue weighted by Crippen LogP contribution is -2.50. The Morgan fingerprint density at radius 1 is 1.12 bits per heavy atom. The fourth-order valence-corrected chi connectivity index (χ4v) is 2.83. The molecule has 1 aromatic rings. The number of anilines is 1. The molecule has 1 aliphatic rings. The predicted molar refractivity (Wildman–Crippen MR) is 99.3 cm³/mol. The Morgan fingerprint density at radius 2 is 1.73 bits per heavy atom. The summed E-state index contributed by atoms with van der Waals surface area (Å²) in [4.78, 5) is 25.8. The Morgan fingerprint density at radius 3 is 2.31 bits per heavy atom. The van der Waals surface area contributed by atoms with Gasteiger partial charge in [0, 0.05) is 18.8 Å². The molecular formula is C19H27N3O4. The van der Waals surface area contributed by atoms with Gasteiger partial charge in [0.15, 0.2) is 12.2 Å². The molecule has 1 heterocycles. The number of likely N-dealkylation sites (tertiary alicyclic amines) is 1. The van der Waals surface area contributed by atoms with Crippen molar-refractivity contribution in [3.05, 3.63) is 42.1 Å². The highest BCUT2D eigenvalue weighted by atomic mass is 16.3. The number of hydrogen-bond donors (Lipinski definition) is 4. The van der Waals surface area contributed by atoms with E-state index in [-0.39, 0.29) is 6.04 Å². The van der Waals surface area contributed by atoms with E-state index in [4.69, 9.17) is 0 Å². The highest BCUT2D eigenvalue weighted by Crippen LogP contribution is 2.17. The van der Waals surface area contributed by atoms with Crippen LogP contribution in [0.5, 0.6) is 0 Å². The third kappa shape index (κ3) is 5.06. The number of allylic oxidation sites excluding steroid dienone is 1. The van der Waals surface area contributed by atoms with Gasteiger partial charge in [-0.3, -0.25) is 9.59 Å². The maximum Gasteiger partial charge on any atom is 0.254 e. The summed E-state index contributed by atoms with van der Waals surface area (Å²) in [5.74, 6) is -1.37. The van der Waals surface area contributed by atoms with E-state index in [1.807, 2.05) is 43.5 Å². The summed E-state index contributed by atoms with van der Waals surface area (Å²) in [6, 6.07) is 7.09. The number of hydrogen-bond acceptors (Lipinski definition) is 5. The van der Waals surface area contributed by atoms with Crippen LogP contribution in [0.1, 0.15) is 38.3 Å². The number of carbonyl (C=O) groups is 2. The topological polar surface area (TPSA) is 102 Å². The lowest BCUT2D eigenvalue weighted by Gasteiger charge is -2.24. The average Bonchev–Trinajstić information content (AvgIpc) is 3.19. The summed E-state index contributed by atoms with van der Waals surface area (Å²) in [6.07, 6.45) is 1.91. The van der Waals surface area contributed by atoms with E-state index in [9.17, 15) is 19.8 Å². The summed E-state index contributed by atoms with van der Waals surface area (Å²) >= 11 is 0. The molecule has 142 valence electrons. The molecule has 2 amide bonds. The van der Waals surface area contributed by atoms with Gasteiger partial charge in [-0.25, -0.2) is 0 Å². The summed E-state index contributed by atoms with van der Waals surface area (Å²) in [7, 11) is 0. The van der Waals surface area contributed by atoms with Gasteiger partial charge in [0.1, 0.15) is 0 Å². The van der Waals surface area contributed by atoms with Crippen LogP contribution in [-0.4, -0.2) is 52.2 Å². The zero-order valence-electron chi connectivity index (χ0n) is 15.2. The second-order valence-corrected chi connectivity index (χ2v) is 6.42. The van der Waals surface area contributed by atoms with E-state index in [0.717, 1.165) is 24.1 Å². The first-order valence-electron chi connectivity index (χ1n) is 8.87. The van der Waals surface area contributed by atoms with Crippen LogP contribution >= 0.6 is 0 Å². The van der Waals surface area contributed by atoms with Gasteiger partial charge in [-0.2, -0.15) is 0 Å². The normalized spacial score (nSPS) is 17.8. The zero-order valence-corrected chi connectivity index (χ0v) is 15.2. The molecule has 0 aromatic heterocycles.